The third-order valence-corrected chi connectivity index (χ3v) is 6.02. The normalized spacial score (nSPS) is 22.0. The van der Waals surface area contributed by atoms with E-state index in [4.69, 9.17) is 4.74 Å². The summed E-state index contributed by atoms with van der Waals surface area (Å²) in [7, 11) is 1.58. The Hall–Kier alpha value is -2.99. The summed E-state index contributed by atoms with van der Waals surface area (Å²) in [6.07, 6.45) is 4.06. The maximum atomic E-state index is 13.4. The fraction of sp³-hybridized carbons (Fsp3) is 0.375. The minimum Gasteiger partial charge on any atom is -0.497 e. The number of carbonyl (C=O) groups excluding carboxylic acids is 2. The Morgan fingerprint density at radius 1 is 1.13 bits per heavy atom. The second-order valence-corrected chi connectivity index (χ2v) is 7.68. The van der Waals surface area contributed by atoms with Gasteiger partial charge in [0.25, 0.3) is 5.91 Å². The Morgan fingerprint density at radius 2 is 1.90 bits per heavy atom. The first-order valence-electron chi connectivity index (χ1n) is 10.5. The number of likely N-dealkylation sites (N-methyl/N-ethyl adjacent to an activating group) is 1. The number of rotatable bonds is 6. The van der Waals surface area contributed by atoms with Gasteiger partial charge in [-0.25, -0.2) is 4.90 Å². The van der Waals surface area contributed by atoms with Crippen LogP contribution in [0.2, 0.25) is 0 Å². The lowest BCUT2D eigenvalue weighted by Crippen LogP contribution is -2.45. The number of methoxy groups -OCH3 is 1. The second-order valence-electron chi connectivity index (χ2n) is 7.68. The summed E-state index contributed by atoms with van der Waals surface area (Å²) in [6, 6.07) is 14.7. The van der Waals surface area contributed by atoms with Crippen molar-refractivity contribution in [2.75, 3.05) is 31.6 Å². The number of nitrogens with zero attached hydrogens (tertiary/aromatic N) is 3. The van der Waals surface area contributed by atoms with Crippen LogP contribution in [0.15, 0.2) is 53.5 Å². The zero-order valence-electron chi connectivity index (χ0n) is 17.5. The number of likely N-dealkylation sites (tertiary alicyclic amines) is 1. The molecule has 1 unspecified atom stereocenters. The highest BCUT2D eigenvalue weighted by Gasteiger charge is 2.38. The van der Waals surface area contributed by atoms with Crippen molar-refractivity contribution in [1.82, 2.24) is 4.90 Å². The molecule has 6 nitrogen and oxygen atoms in total. The third-order valence-electron chi connectivity index (χ3n) is 6.02. The lowest BCUT2D eigenvalue weighted by Gasteiger charge is -2.31. The summed E-state index contributed by atoms with van der Waals surface area (Å²) in [6.45, 7) is 4.98. The molecule has 1 fully saturated rings. The van der Waals surface area contributed by atoms with Gasteiger partial charge >= 0.3 is 0 Å². The monoisotopic (exact) mass is 405 g/mol. The zero-order chi connectivity index (χ0) is 21.1. The summed E-state index contributed by atoms with van der Waals surface area (Å²) in [4.78, 5) is 34.8. The molecule has 0 aliphatic carbocycles. The van der Waals surface area contributed by atoms with Crippen LogP contribution in [0.4, 0.5) is 5.69 Å². The first kappa shape index (κ1) is 20.3. The fourth-order valence-corrected chi connectivity index (χ4v) is 4.38. The van der Waals surface area contributed by atoms with Crippen molar-refractivity contribution in [2.45, 2.75) is 31.7 Å². The van der Waals surface area contributed by atoms with Crippen molar-refractivity contribution in [3.63, 3.8) is 0 Å². The first-order chi connectivity index (χ1) is 14.6. The summed E-state index contributed by atoms with van der Waals surface area (Å²) < 4.78 is 5.19. The van der Waals surface area contributed by atoms with E-state index >= 15 is 0 Å². The summed E-state index contributed by atoms with van der Waals surface area (Å²) in [5.41, 5.74) is 1.80. The van der Waals surface area contributed by atoms with Crippen LogP contribution in [0, 0.1) is 0 Å². The molecule has 6 heteroatoms. The van der Waals surface area contributed by atoms with E-state index in [9.17, 15) is 9.59 Å². The minimum absolute atomic E-state index is 0.272. The van der Waals surface area contributed by atoms with Crippen molar-refractivity contribution < 1.29 is 14.3 Å². The van der Waals surface area contributed by atoms with E-state index in [1.807, 2.05) is 18.2 Å². The number of carbonyl (C=O) groups is 2. The number of aliphatic imine (C=N–C) groups is 1. The van der Waals surface area contributed by atoms with E-state index < -0.39 is 5.92 Å². The van der Waals surface area contributed by atoms with E-state index in [0.717, 1.165) is 25.1 Å². The molecule has 2 atom stereocenters. The molecule has 2 aliphatic rings. The average Bonchev–Trinajstić information content (AvgIpc) is 3.24. The van der Waals surface area contributed by atoms with Gasteiger partial charge in [-0.3, -0.25) is 19.5 Å². The van der Waals surface area contributed by atoms with Crippen LogP contribution >= 0.6 is 0 Å². The number of anilines is 1. The summed E-state index contributed by atoms with van der Waals surface area (Å²) in [5, 5.41) is 0. The number of ether oxygens (including phenoxy) is 1. The number of hydrogen-bond donors (Lipinski definition) is 0. The van der Waals surface area contributed by atoms with Crippen molar-refractivity contribution in [3.05, 3.63) is 59.7 Å². The van der Waals surface area contributed by atoms with Gasteiger partial charge in [0, 0.05) is 17.8 Å². The molecule has 0 N–H and O–H groups in total. The molecule has 2 aromatic rings. The van der Waals surface area contributed by atoms with Gasteiger partial charge in [0.15, 0.2) is 0 Å². The number of hydrogen-bond acceptors (Lipinski definition) is 5. The number of imide groups is 1. The predicted octanol–water partition coefficient (Wildman–Crippen LogP) is 3.52. The Labute approximate surface area is 177 Å². The third kappa shape index (κ3) is 3.75. The fourth-order valence-electron chi connectivity index (χ4n) is 4.38. The number of fused-ring (bicyclic) bond motifs is 1. The van der Waals surface area contributed by atoms with Crippen LogP contribution in [-0.2, 0) is 4.79 Å². The minimum atomic E-state index is -0.572. The maximum Gasteiger partial charge on any atom is 0.265 e. The maximum absolute atomic E-state index is 13.4. The van der Waals surface area contributed by atoms with E-state index in [2.05, 4.69) is 16.8 Å². The van der Waals surface area contributed by atoms with E-state index in [-0.39, 0.29) is 11.8 Å². The predicted molar refractivity (Wildman–Crippen MR) is 118 cm³/mol. The smallest absolute Gasteiger partial charge is 0.265 e. The van der Waals surface area contributed by atoms with Gasteiger partial charge in [-0.15, -0.1) is 0 Å². The molecule has 30 heavy (non-hydrogen) atoms. The van der Waals surface area contributed by atoms with Crippen molar-refractivity contribution in [1.29, 1.82) is 0 Å². The molecule has 0 aromatic heterocycles. The average molecular weight is 405 g/mol. The van der Waals surface area contributed by atoms with Gasteiger partial charge in [-0.05, 0) is 61.8 Å². The van der Waals surface area contributed by atoms with Gasteiger partial charge in [0.2, 0.25) is 5.91 Å². The Morgan fingerprint density at radius 3 is 2.63 bits per heavy atom. The highest BCUT2D eigenvalue weighted by Crippen LogP contribution is 2.32. The van der Waals surface area contributed by atoms with Crippen molar-refractivity contribution in [2.24, 2.45) is 4.99 Å². The van der Waals surface area contributed by atoms with E-state index in [0.29, 0.717) is 29.6 Å². The molecule has 4 rings (SSSR count). The van der Waals surface area contributed by atoms with Crippen molar-refractivity contribution >= 4 is 23.7 Å². The van der Waals surface area contributed by atoms with E-state index in [1.54, 1.807) is 43.7 Å². The molecule has 2 amide bonds. The van der Waals surface area contributed by atoms with Crippen LogP contribution in [0.5, 0.6) is 5.75 Å². The van der Waals surface area contributed by atoms with Gasteiger partial charge in [-0.2, -0.15) is 0 Å². The molecule has 2 aromatic carbocycles. The SMILES string of the molecule is CCN1CCC[C@@H]1CN=CC1C(=O)N(c2ccc(OC)cc2)C(=O)c2ccccc21. The molecule has 156 valence electrons. The lowest BCUT2D eigenvalue weighted by molar-refractivity contribution is -0.118. The van der Waals surface area contributed by atoms with Crippen LogP contribution in [-0.4, -0.2) is 55.7 Å². The van der Waals surface area contributed by atoms with Gasteiger partial charge < -0.3 is 4.74 Å². The van der Waals surface area contributed by atoms with Crippen LogP contribution in [0.1, 0.15) is 41.6 Å². The van der Waals surface area contributed by atoms with Crippen LogP contribution < -0.4 is 9.64 Å². The molecule has 1 saturated heterocycles. The largest absolute Gasteiger partial charge is 0.497 e. The Kier molecular flexibility index (Phi) is 5.95. The molecule has 0 spiro atoms. The van der Waals surface area contributed by atoms with E-state index in [1.165, 1.54) is 11.3 Å². The van der Waals surface area contributed by atoms with Crippen LogP contribution in [0.3, 0.4) is 0 Å². The second kappa shape index (κ2) is 8.79. The zero-order valence-corrected chi connectivity index (χ0v) is 17.5. The quantitative estimate of drug-likeness (QED) is 0.545. The molecular weight excluding hydrogens is 378 g/mol. The summed E-state index contributed by atoms with van der Waals surface area (Å²) in [5.74, 6) is -0.478. The highest BCUT2D eigenvalue weighted by atomic mass is 16.5. The molecular formula is C24H27N3O3. The molecule has 0 radical (unpaired) electrons. The molecule has 2 aliphatic heterocycles. The first-order valence-corrected chi connectivity index (χ1v) is 10.5. The van der Waals surface area contributed by atoms with Crippen LogP contribution in [0.25, 0.3) is 0 Å². The highest BCUT2D eigenvalue weighted by molar-refractivity contribution is 6.29. The lowest BCUT2D eigenvalue weighted by atomic mass is 9.89. The number of benzene rings is 2. The van der Waals surface area contributed by atoms with Gasteiger partial charge in [-0.1, -0.05) is 25.1 Å². The van der Waals surface area contributed by atoms with Gasteiger partial charge in [0.1, 0.15) is 5.75 Å². The summed E-state index contributed by atoms with van der Waals surface area (Å²) >= 11 is 0. The van der Waals surface area contributed by atoms with Crippen molar-refractivity contribution in [3.8, 4) is 5.75 Å². The Balaban J connectivity index is 1.63. The molecule has 2 heterocycles. The number of amides is 2. The molecule has 0 bridgehead atoms. The standard InChI is InChI=1S/C24H27N3O3/c1-3-26-14-6-7-18(26)15-25-16-22-20-8-4-5-9-21(20)23(28)27(24(22)29)17-10-12-19(30-2)13-11-17/h4-5,8-13,16,18,22H,3,6-7,14-15H2,1-2H3/t18-,22?/m1/s1. The molecule has 0 saturated carbocycles. The Bertz CT molecular complexity index is 954. The topological polar surface area (TPSA) is 62.2 Å². The van der Waals surface area contributed by atoms with Gasteiger partial charge in [0.05, 0.1) is 25.3 Å².